The SMILES string of the molecule is COc1ccc(NC=C2C(=O)c3ccccc3N(Cc3ccc(Cl)cc3)S2(=O)=O)cc1. The molecule has 8 heteroatoms. The Kier molecular flexibility index (Phi) is 5.71. The average Bonchev–Trinajstić information content (AvgIpc) is 2.78. The van der Waals surface area contributed by atoms with E-state index in [0.29, 0.717) is 27.7 Å². The number of allylic oxidation sites excluding steroid dienone is 1. The van der Waals surface area contributed by atoms with E-state index in [1.165, 1.54) is 10.5 Å². The fourth-order valence-corrected chi connectivity index (χ4v) is 4.94. The maximum Gasteiger partial charge on any atom is 0.270 e. The largest absolute Gasteiger partial charge is 0.497 e. The first-order valence-corrected chi connectivity index (χ1v) is 11.2. The molecule has 3 aromatic rings. The lowest BCUT2D eigenvalue weighted by molar-refractivity contribution is 0.104. The second-order valence-corrected chi connectivity index (χ2v) is 9.13. The molecule has 0 fully saturated rings. The van der Waals surface area contributed by atoms with Gasteiger partial charge in [0.2, 0.25) is 5.78 Å². The van der Waals surface area contributed by atoms with Crippen LogP contribution in [0.3, 0.4) is 0 Å². The van der Waals surface area contributed by atoms with Crippen molar-refractivity contribution in [2.75, 3.05) is 16.7 Å². The number of para-hydroxylation sites is 1. The number of ether oxygens (including phenoxy) is 1. The zero-order chi connectivity index (χ0) is 22.0. The van der Waals surface area contributed by atoms with Gasteiger partial charge in [-0.2, -0.15) is 0 Å². The zero-order valence-corrected chi connectivity index (χ0v) is 18.2. The van der Waals surface area contributed by atoms with Crippen molar-refractivity contribution < 1.29 is 17.9 Å². The fourth-order valence-electron chi connectivity index (χ4n) is 3.28. The van der Waals surface area contributed by atoms with Gasteiger partial charge in [0.25, 0.3) is 10.0 Å². The number of nitrogens with zero attached hydrogens (tertiary/aromatic N) is 1. The number of anilines is 2. The van der Waals surface area contributed by atoms with Crippen molar-refractivity contribution in [3.63, 3.8) is 0 Å². The van der Waals surface area contributed by atoms with Crippen LogP contribution < -0.4 is 14.4 Å². The van der Waals surface area contributed by atoms with Gasteiger partial charge in [0, 0.05) is 22.5 Å². The molecule has 31 heavy (non-hydrogen) atoms. The number of halogens is 1. The Morgan fingerprint density at radius 2 is 1.68 bits per heavy atom. The first-order chi connectivity index (χ1) is 14.9. The van der Waals surface area contributed by atoms with Gasteiger partial charge in [-0.15, -0.1) is 0 Å². The predicted octanol–water partition coefficient (Wildman–Crippen LogP) is 4.83. The van der Waals surface area contributed by atoms with E-state index >= 15 is 0 Å². The van der Waals surface area contributed by atoms with Crippen molar-refractivity contribution >= 4 is 38.8 Å². The first kappa shape index (κ1) is 21.0. The molecular formula is C23H19ClN2O4S. The third-order valence-corrected chi connectivity index (χ3v) is 6.93. The highest BCUT2D eigenvalue weighted by Gasteiger charge is 2.40. The number of benzene rings is 3. The van der Waals surface area contributed by atoms with Crippen LogP contribution in [0.5, 0.6) is 5.75 Å². The molecule has 158 valence electrons. The van der Waals surface area contributed by atoms with Crippen molar-refractivity contribution in [1.29, 1.82) is 0 Å². The molecule has 0 aromatic heterocycles. The number of ketones is 1. The fraction of sp³-hybridized carbons (Fsp3) is 0.0870. The van der Waals surface area contributed by atoms with Crippen molar-refractivity contribution in [2.45, 2.75) is 6.54 Å². The van der Waals surface area contributed by atoms with E-state index in [0.717, 1.165) is 5.56 Å². The number of Topliss-reactive ketones (excluding diaryl/α,β-unsaturated/α-hetero) is 1. The second kappa shape index (κ2) is 8.45. The number of carbonyl (C=O) groups excluding carboxylic acids is 1. The van der Waals surface area contributed by atoms with Crippen LogP contribution >= 0.6 is 11.6 Å². The Morgan fingerprint density at radius 3 is 2.35 bits per heavy atom. The minimum absolute atomic E-state index is 0.0731. The average molecular weight is 455 g/mol. The maximum atomic E-state index is 13.4. The molecule has 0 radical (unpaired) electrons. The summed E-state index contributed by atoms with van der Waals surface area (Å²) in [6.45, 7) is 0.0731. The number of rotatable bonds is 5. The van der Waals surface area contributed by atoms with Crippen LogP contribution in [-0.2, 0) is 16.6 Å². The highest BCUT2D eigenvalue weighted by Crippen LogP contribution is 2.36. The molecule has 0 spiro atoms. The quantitative estimate of drug-likeness (QED) is 0.558. The Balaban J connectivity index is 1.74. The van der Waals surface area contributed by atoms with Gasteiger partial charge in [-0.1, -0.05) is 35.9 Å². The molecule has 0 unspecified atom stereocenters. The molecule has 0 saturated heterocycles. The molecule has 0 aliphatic carbocycles. The van der Waals surface area contributed by atoms with Gasteiger partial charge in [0.15, 0.2) is 4.91 Å². The molecule has 1 aliphatic rings. The van der Waals surface area contributed by atoms with E-state index < -0.39 is 15.8 Å². The minimum atomic E-state index is -4.09. The molecule has 0 saturated carbocycles. The van der Waals surface area contributed by atoms with Gasteiger partial charge in [-0.25, -0.2) is 8.42 Å². The van der Waals surface area contributed by atoms with Gasteiger partial charge in [-0.3, -0.25) is 9.10 Å². The maximum absolute atomic E-state index is 13.4. The van der Waals surface area contributed by atoms with Crippen LogP contribution in [0.25, 0.3) is 0 Å². The molecule has 0 atom stereocenters. The molecule has 0 bridgehead atoms. The summed E-state index contributed by atoms with van der Waals surface area (Å²) >= 11 is 5.95. The van der Waals surface area contributed by atoms with Gasteiger partial charge in [0.05, 0.1) is 19.3 Å². The Labute approximate surface area is 185 Å². The van der Waals surface area contributed by atoms with Gasteiger partial charge in [0.1, 0.15) is 5.75 Å². The van der Waals surface area contributed by atoms with E-state index in [-0.39, 0.29) is 11.4 Å². The lowest BCUT2D eigenvalue weighted by atomic mass is 10.1. The van der Waals surface area contributed by atoms with E-state index in [4.69, 9.17) is 16.3 Å². The number of hydrogen-bond acceptors (Lipinski definition) is 5. The third-order valence-electron chi connectivity index (χ3n) is 4.91. The Bertz CT molecular complexity index is 1250. The number of nitrogens with one attached hydrogen (secondary N) is 1. The third kappa shape index (κ3) is 4.15. The van der Waals surface area contributed by atoms with Gasteiger partial charge < -0.3 is 10.1 Å². The van der Waals surface area contributed by atoms with Crippen LogP contribution in [0.4, 0.5) is 11.4 Å². The summed E-state index contributed by atoms with van der Waals surface area (Å²) < 4.78 is 33.2. The number of methoxy groups -OCH3 is 1. The molecule has 1 heterocycles. The number of sulfonamides is 1. The smallest absolute Gasteiger partial charge is 0.270 e. The lowest BCUT2D eigenvalue weighted by Crippen LogP contribution is -2.39. The number of hydrogen-bond donors (Lipinski definition) is 1. The summed E-state index contributed by atoms with van der Waals surface area (Å²) in [5.41, 5.74) is 2.05. The number of fused-ring (bicyclic) bond motifs is 1. The normalized spacial score (nSPS) is 16.1. The first-order valence-electron chi connectivity index (χ1n) is 9.42. The van der Waals surface area contributed by atoms with E-state index in [1.54, 1.807) is 79.9 Å². The van der Waals surface area contributed by atoms with Crippen LogP contribution in [0.2, 0.25) is 5.02 Å². The molecular weight excluding hydrogens is 436 g/mol. The van der Waals surface area contributed by atoms with Gasteiger partial charge in [-0.05, 0) is 54.1 Å². The molecule has 4 rings (SSSR count). The molecule has 1 aliphatic heterocycles. The summed E-state index contributed by atoms with van der Waals surface area (Å²) in [5, 5.41) is 3.47. The predicted molar refractivity (Wildman–Crippen MR) is 122 cm³/mol. The second-order valence-electron chi connectivity index (χ2n) is 6.87. The molecule has 3 aromatic carbocycles. The van der Waals surface area contributed by atoms with E-state index in [9.17, 15) is 13.2 Å². The molecule has 0 amide bonds. The summed E-state index contributed by atoms with van der Waals surface area (Å²) in [4.78, 5) is 12.7. The zero-order valence-electron chi connectivity index (χ0n) is 16.6. The van der Waals surface area contributed by atoms with Crippen LogP contribution in [0, 0.1) is 0 Å². The summed E-state index contributed by atoms with van der Waals surface area (Å²) in [5.74, 6) is 0.117. The summed E-state index contributed by atoms with van der Waals surface area (Å²) in [6, 6.07) is 20.5. The Morgan fingerprint density at radius 1 is 1.00 bits per heavy atom. The minimum Gasteiger partial charge on any atom is -0.497 e. The lowest BCUT2D eigenvalue weighted by Gasteiger charge is -2.31. The highest BCUT2D eigenvalue weighted by atomic mass is 35.5. The van der Waals surface area contributed by atoms with Crippen LogP contribution in [0.15, 0.2) is 83.9 Å². The summed E-state index contributed by atoms with van der Waals surface area (Å²) in [6.07, 6.45) is 1.24. The van der Waals surface area contributed by atoms with Crippen LogP contribution in [0.1, 0.15) is 15.9 Å². The highest BCUT2D eigenvalue weighted by molar-refractivity contribution is 7.97. The van der Waals surface area contributed by atoms with Crippen molar-refractivity contribution in [2.24, 2.45) is 0 Å². The van der Waals surface area contributed by atoms with Crippen molar-refractivity contribution in [3.8, 4) is 5.75 Å². The molecule has 1 N–H and O–H groups in total. The number of carbonyl (C=O) groups is 1. The topological polar surface area (TPSA) is 75.7 Å². The molecule has 6 nitrogen and oxygen atoms in total. The van der Waals surface area contributed by atoms with Crippen molar-refractivity contribution in [1.82, 2.24) is 0 Å². The standard InChI is InChI=1S/C23H19ClN2O4S/c1-30-19-12-10-18(11-13-19)25-14-22-23(27)20-4-2-3-5-21(20)26(31(22,28)29)15-16-6-8-17(24)9-7-16/h2-14,25H,15H2,1H3. The monoisotopic (exact) mass is 454 g/mol. The van der Waals surface area contributed by atoms with Crippen LogP contribution in [-0.4, -0.2) is 21.3 Å². The summed E-state index contributed by atoms with van der Waals surface area (Å²) in [7, 11) is -2.53. The van der Waals surface area contributed by atoms with Gasteiger partial charge >= 0.3 is 0 Å². The Hall–Kier alpha value is -3.29. The van der Waals surface area contributed by atoms with E-state index in [2.05, 4.69) is 5.32 Å². The van der Waals surface area contributed by atoms with Crippen molar-refractivity contribution in [3.05, 3.63) is 100 Å². The van der Waals surface area contributed by atoms with E-state index in [1.807, 2.05) is 0 Å².